The van der Waals surface area contributed by atoms with Gasteiger partial charge in [-0.2, -0.15) is 0 Å². The smallest absolute Gasteiger partial charge is 0.226 e. The van der Waals surface area contributed by atoms with Crippen LogP contribution in [0.1, 0.15) is 31.7 Å². The van der Waals surface area contributed by atoms with Crippen LogP contribution in [0.2, 0.25) is 0 Å². The van der Waals surface area contributed by atoms with E-state index >= 15 is 0 Å². The van der Waals surface area contributed by atoms with Crippen LogP contribution in [0.25, 0.3) is 11.3 Å². The molecule has 0 bridgehead atoms. The summed E-state index contributed by atoms with van der Waals surface area (Å²) in [7, 11) is 0. The Morgan fingerprint density at radius 3 is 2.71 bits per heavy atom. The number of hydrogen-bond acceptors (Lipinski definition) is 3. The molecule has 0 saturated heterocycles. The molecule has 1 amide bonds. The second-order valence-corrected chi connectivity index (χ2v) is 6.02. The predicted octanol–water partition coefficient (Wildman–Crippen LogP) is 4.72. The van der Waals surface area contributed by atoms with Crippen molar-refractivity contribution in [3.63, 3.8) is 0 Å². The molecular weight excluding hydrogens is 304 g/mol. The van der Waals surface area contributed by atoms with Gasteiger partial charge in [0.2, 0.25) is 5.91 Å². The summed E-state index contributed by atoms with van der Waals surface area (Å²) in [4.78, 5) is 16.2. The zero-order valence-electron chi connectivity index (χ0n) is 12.1. The SMILES string of the molecule is CCc1ccc(-c2csc(NC(=O)CCCCCl)n2)cc1. The first kappa shape index (κ1) is 16.0. The van der Waals surface area contributed by atoms with Gasteiger partial charge in [-0.15, -0.1) is 22.9 Å². The van der Waals surface area contributed by atoms with Crippen molar-refractivity contribution in [3.8, 4) is 11.3 Å². The Morgan fingerprint density at radius 2 is 2.05 bits per heavy atom. The summed E-state index contributed by atoms with van der Waals surface area (Å²) >= 11 is 7.05. The number of aryl methyl sites for hydroxylation is 1. The molecular formula is C16H19ClN2OS. The predicted molar refractivity (Wildman–Crippen MR) is 90.1 cm³/mol. The molecule has 1 heterocycles. The molecule has 0 aliphatic rings. The topological polar surface area (TPSA) is 42.0 Å². The summed E-state index contributed by atoms with van der Waals surface area (Å²) in [5.41, 5.74) is 3.28. The Labute approximate surface area is 134 Å². The summed E-state index contributed by atoms with van der Waals surface area (Å²) in [5.74, 6) is 0.602. The number of unbranched alkanes of at least 4 members (excludes halogenated alkanes) is 1. The average molecular weight is 323 g/mol. The van der Waals surface area contributed by atoms with Crippen LogP contribution in [0.4, 0.5) is 5.13 Å². The standard InChI is InChI=1S/C16H19ClN2OS/c1-2-12-6-8-13(9-7-12)14-11-21-16(18-14)19-15(20)5-3-4-10-17/h6-9,11H,2-5,10H2,1H3,(H,18,19,20). The number of thiazole rings is 1. The van der Waals surface area contributed by atoms with Crippen molar-refractivity contribution in [1.82, 2.24) is 4.98 Å². The molecule has 0 radical (unpaired) electrons. The lowest BCUT2D eigenvalue weighted by Crippen LogP contribution is -2.10. The molecule has 1 aromatic heterocycles. The molecule has 112 valence electrons. The number of nitrogens with zero attached hydrogens (tertiary/aromatic N) is 1. The van der Waals surface area contributed by atoms with Gasteiger partial charge in [0.25, 0.3) is 0 Å². The fourth-order valence-electron chi connectivity index (χ4n) is 1.94. The molecule has 0 atom stereocenters. The van der Waals surface area contributed by atoms with Crippen LogP contribution in [0, 0.1) is 0 Å². The Balaban J connectivity index is 1.95. The number of amides is 1. The van der Waals surface area contributed by atoms with E-state index in [1.54, 1.807) is 0 Å². The highest BCUT2D eigenvalue weighted by atomic mass is 35.5. The van der Waals surface area contributed by atoms with E-state index in [4.69, 9.17) is 11.6 Å². The van der Waals surface area contributed by atoms with Gasteiger partial charge in [0, 0.05) is 23.2 Å². The molecule has 1 aromatic carbocycles. The first-order chi connectivity index (χ1) is 10.2. The fraction of sp³-hybridized carbons (Fsp3) is 0.375. The van der Waals surface area contributed by atoms with Crippen LogP contribution in [-0.2, 0) is 11.2 Å². The summed E-state index contributed by atoms with van der Waals surface area (Å²) < 4.78 is 0. The number of benzene rings is 1. The molecule has 0 saturated carbocycles. The molecule has 0 aliphatic heterocycles. The van der Waals surface area contributed by atoms with Gasteiger partial charge in [0.1, 0.15) is 0 Å². The van der Waals surface area contributed by atoms with Crippen LogP contribution >= 0.6 is 22.9 Å². The highest BCUT2D eigenvalue weighted by Crippen LogP contribution is 2.25. The molecule has 0 aliphatic carbocycles. The quantitative estimate of drug-likeness (QED) is 0.592. The molecule has 1 N–H and O–H groups in total. The molecule has 2 aromatic rings. The van der Waals surface area contributed by atoms with Crippen molar-refractivity contribution in [1.29, 1.82) is 0 Å². The minimum Gasteiger partial charge on any atom is -0.302 e. The first-order valence-electron chi connectivity index (χ1n) is 7.13. The number of hydrogen-bond donors (Lipinski definition) is 1. The normalized spacial score (nSPS) is 10.6. The van der Waals surface area contributed by atoms with Crippen LogP contribution in [0.15, 0.2) is 29.6 Å². The van der Waals surface area contributed by atoms with E-state index < -0.39 is 0 Å². The lowest BCUT2D eigenvalue weighted by molar-refractivity contribution is -0.116. The molecule has 5 heteroatoms. The third-order valence-corrected chi connectivity index (χ3v) is 4.22. The van der Waals surface area contributed by atoms with Crippen molar-refractivity contribution < 1.29 is 4.79 Å². The minimum absolute atomic E-state index is 0.00217. The maximum Gasteiger partial charge on any atom is 0.226 e. The summed E-state index contributed by atoms with van der Waals surface area (Å²) in [6, 6.07) is 8.36. The molecule has 2 rings (SSSR count). The molecule has 0 spiro atoms. The highest BCUT2D eigenvalue weighted by Gasteiger charge is 2.08. The summed E-state index contributed by atoms with van der Waals surface area (Å²) in [6.45, 7) is 2.13. The molecule has 3 nitrogen and oxygen atoms in total. The highest BCUT2D eigenvalue weighted by molar-refractivity contribution is 7.14. The number of aromatic nitrogens is 1. The first-order valence-corrected chi connectivity index (χ1v) is 8.55. The summed E-state index contributed by atoms with van der Waals surface area (Å²) in [6.07, 6.45) is 3.20. The molecule has 0 fully saturated rings. The molecule has 0 unspecified atom stereocenters. The Kier molecular flexibility index (Phi) is 6.21. The van der Waals surface area contributed by atoms with Crippen molar-refractivity contribution in [2.75, 3.05) is 11.2 Å². The second kappa shape index (κ2) is 8.15. The zero-order valence-corrected chi connectivity index (χ0v) is 13.6. The number of nitrogens with one attached hydrogen (secondary N) is 1. The Hall–Kier alpha value is -1.39. The number of rotatable bonds is 7. The van der Waals surface area contributed by atoms with Crippen LogP contribution < -0.4 is 5.32 Å². The van der Waals surface area contributed by atoms with Crippen molar-refractivity contribution in [2.45, 2.75) is 32.6 Å². The Morgan fingerprint density at radius 1 is 1.29 bits per heavy atom. The van der Waals surface area contributed by atoms with Gasteiger partial charge in [-0.1, -0.05) is 31.2 Å². The minimum atomic E-state index is 0.00217. The van der Waals surface area contributed by atoms with E-state index in [2.05, 4.69) is 41.5 Å². The maximum atomic E-state index is 11.7. The largest absolute Gasteiger partial charge is 0.302 e. The monoisotopic (exact) mass is 322 g/mol. The van der Waals surface area contributed by atoms with Gasteiger partial charge < -0.3 is 5.32 Å². The van der Waals surface area contributed by atoms with E-state index in [-0.39, 0.29) is 5.91 Å². The van der Waals surface area contributed by atoms with Gasteiger partial charge in [0.15, 0.2) is 5.13 Å². The lowest BCUT2D eigenvalue weighted by Gasteiger charge is -2.01. The van der Waals surface area contributed by atoms with Gasteiger partial charge >= 0.3 is 0 Å². The van der Waals surface area contributed by atoms with Crippen LogP contribution in [0.3, 0.4) is 0 Å². The van der Waals surface area contributed by atoms with E-state index in [0.717, 1.165) is 30.5 Å². The Bertz CT molecular complexity index is 580. The fourth-order valence-corrected chi connectivity index (χ4v) is 2.86. The van der Waals surface area contributed by atoms with Gasteiger partial charge in [-0.25, -0.2) is 4.98 Å². The summed E-state index contributed by atoms with van der Waals surface area (Å²) in [5, 5.41) is 5.46. The van der Waals surface area contributed by atoms with E-state index in [1.807, 2.05) is 5.38 Å². The molecule has 21 heavy (non-hydrogen) atoms. The zero-order chi connectivity index (χ0) is 15.1. The maximum absolute atomic E-state index is 11.7. The van der Waals surface area contributed by atoms with Gasteiger partial charge in [0.05, 0.1) is 5.69 Å². The average Bonchev–Trinajstić information content (AvgIpc) is 2.96. The number of halogens is 1. The third kappa shape index (κ3) is 4.83. The number of alkyl halides is 1. The van der Waals surface area contributed by atoms with E-state index in [1.165, 1.54) is 16.9 Å². The number of carbonyl (C=O) groups excluding carboxylic acids is 1. The van der Waals surface area contributed by atoms with E-state index in [9.17, 15) is 4.79 Å². The van der Waals surface area contributed by atoms with Gasteiger partial charge in [-0.05, 0) is 24.8 Å². The lowest BCUT2D eigenvalue weighted by atomic mass is 10.1. The van der Waals surface area contributed by atoms with Crippen molar-refractivity contribution in [3.05, 3.63) is 35.2 Å². The second-order valence-electron chi connectivity index (χ2n) is 4.78. The number of carbonyl (C=O) groups is 1. The number of anilines is 1. The van der Waals surface area contributed by atoms with Crippen molar-refractivity contribution in [2.24, 2.45) is 0 Å². The van der Waals surface area contributed by atoms with Crippen molar-refractivity contribution >= 4 is 34.0 Å². The van der Waals surface area contributed by atoms with E-state index in [0.29, 0.717) is 17.4 Å². The van der Waals surface area contributed by atoms with Crippen LogP contribution in [-0.4, -0.2) is 16.8 Å². The van der Waals surface area contributed by atoms with Gasteiger partial charge in [-0.3, -0.25) is 4.79 Å². The van der Waals surface area contributed by atoms with Crippen LogP contribution in [0.5, 0.6) is 0 Å². The third-order valence-electron chi connectivity index (χ3n) is 3.20.